The van der Waals surface area contributed by atoms with Crippen LogP contribution in [0.15, 0.2) is 78.9 Å². The summed E-state index contributed by atoms with van der Waals surface area (Å²) in [6, 6.07) is 19.5. The Balaban J connectivity index is 1.36. The van der Waals surface area contributed by atoms with Gasteiger partial charge in [0.15, 0.2) is 0 Å². The van der Waals surface area contributed by atoms with Gasteiger partial charge in [-0.2, -0.15) is 0 Å². The van der Waals surface area contributed by atoms with Crippen LogP contribution in [0.1, 0.15) is 69.8 Å². The van der Waals surface area contributed by atoms with Crippen molar-refractivity contribution in [2.75, 3.05) is 6.61 Å². The number of hydrogen-bond acceptors (Lipinski definition) is 3. The number of benzene rings is 2. The number of aliphatic carboxylic acids is 1. The monoisotopic (exact) mass is 514 g/mol. The zero-order valence-electron chi connectivity index (χ0n) is 22.4. The predicted molar refractivity (Wildman–Crippen MR) is 152 cm³/mol. The molecule has 1 heterocycles. The van der Waals surface area contributed by atoms with E-state index in [2.05, 4.69) is 72.8 Å². The molecule has 1 saturated heterocycles. The zero-order valence-corrected chi connectivity index (χ0v) is 22.4. The number of unbranched alkanes of at least 4 members (excludes halogenated alkanes) is 1. The van der Waals surface area contributed by atoms with Crippen LogP contribution >= 0.6 is 0 Å². The van der Waals surface area contributed by atoms with E-state index in [1.165, 1.54) is 36.0 Å². The highest BCUT2D eigenvalue weighted by molar-refractivity contribution is 5.66. The average molecular weight is 515 g/mol. The van der Waals surface area contributed by atoms with Crippen molar-refractivity contribution in [2.24, 2.45) is 17.8 Å². The molecule has 0 radical (unpaired) electrons. The molecule has 0 amide bonds. The lowest BCUT2D eigenvalue weighted by atomic mass is 9.69. The second-order valence-corrected chi connectivity index (χ2v) is 11.6. The Morgan fingerprint density at radius 2 is 1.74 bits per heavy atom. The molecule has 0 spiro atoms. The Morgan fingerprint density at radius 3 is 2.47 bits per heavy atom. The molecule has 2 saturated carbocycles. The highest BCUT2D eigenvalue weighted by Gasteiger charge is 2.58. The molecule has 2 aliphatic carbocycles. The molecule has 5 rings (SSSR count). The zero-order chi connectivity index (χ0) is 26.4. The van der Waals surface area contributed by atoms with E-state index >= 15 is 0 Å². The standard InChI is InChI=1S/C34H42O4/c35-31(27-13-7-4-8-14-27)22-21-29-30(15-9-1-2-10-16-33(36)37)34(23-32(29)38-24-34)28-19-17-26(18-20-28)25-11-5-3-6-12-25/h1,3,5-6,9,11-12,17-22,27,29-32,35H,2,4,7-8,10,13-16,23-24H2,(H,36,37)/b9-1-,22-21+/t29-,30-,31+,32-,34-/m0/s1. The SMILES string of the molecule is O=C(O)CCC/C=C\C[C@H]1[C@H](/C=C/[C@@H](O)C2CCCCC2)[C@@H]2C[C@@]1(c1ccc(-c3ccccc3)cc1)CO2. The normalized spacial score (nSPS) is 28.4. The fourth-order valence-electron chi connectivity index (χ4n) is 7.15. The predicted octanol–water partition coefficient (Wildman–Crippen LogP) is 7.32. The van der Waals surface area contributed by atoms with Crippen LogP contribution in [0, 0.1) is 17.8 Å². The second-order valence-electron chi connectivity index (χ2n) is 11.6. The Hall–Kier alpha value is -2.69. The van der Waals surface area contributed by atoms with Gasteiger partial charge in [-0.15, -0.1) is 0 Å². The largest absolute Gasteiger partial charge is 0.481 e. The summed E-state index contributed by atoms with van der Waals surface area (Å²) >= 11 is 0. The minimum Gasteiger partial charge on any atom is -0.481 e. The highest BCUT2D eigenvalue weighted by atomic mass is 16.5. The number of ether oxygens (including phenoxy) is 1. The molecule has 2 aromatic rings. The highest BCUT2D eigenvalue weighted by Crippen LogP contribution is 2.57. The molecule has 4 nitrogen and oxygen atoms in total. The van der Waals surface area contributed by atoms with Crippen molar-refractivity contribution in [1.82, 2.24) is 0 Å². The lowest BCUT2D eigenvalue weighted by molar-refractivity contribution is -0.137. The molecular weight excluding hydrogens is 472 g/mol. The van der Waals surface area contributed by atoms with Gasteiger partial charge in [0.25, 0.3) is 0 Å². The maximum Gasteiger partial charge on any atom is 0.303 e. The van der Waals surface area contributed by atoms with E-state index in [0.717, 1.165) is 38.7 Å². The molecular formula is C34H42O4. The number of carboxylic acids is 1. The summed E-state index contributed by atoms with van der Waals surface area (Å²) in [5.74, 6) is 0.295. The van der Waals surface area contributed by atoms with Crippen LogP contribution in [0.25, 0.3) is 11.1 Å². The molecule has 5 atom stereocenters. The van der Waals surface area contributed by atoms with Crippen LogP contribution in [0.3, 0.4) is 0 Å². The van der Waals surface area contributed by atoms with E-state index in [0.29, 0.717) is 18.3 Å². The fraction of sp³-hybridized carbons (Fsp3) is 0.500. The Bertz CT molecular complexity index is 1100. The Kier molecular flexibility index (Phi) is 8.81. The minimum atomic E-state index is -0.733. The Morgan fingerprint density at radius 1 is 1.00 bits per heavy atom. The maximum absolute atomic E-state index is 10.9. The van der Waals surface area contributed by atoms with E-state index in [1.807, 2.05) is 6.07 Å². The molecule has 2 bridgehead atoms. The van der Waals surface area contributed by atoms with Crippen molar-refractivity contribution in [3.63, 3.8) is 0 Å². The fourth-order valence-corrected chi connectivity index (χ4v) is 7.15. The van der Waals surface area contributed by atoms with Crippen molar-refractivity contribution >= 4 is 5.97 Å². The number of fused-ring (bicyclic) bond motifs is 2. The maximum atomic E-state index is 10.9. The van der Waals surface area contributed by atoms with Crippen molar-refractivity contribution in [3.05, 3.63) is 84.5 Å². The van der Waals surface area contributed by atoms with Crippen molar-refractivity contribution < 1.29 is 19.7 Å². The van der Waals surface area contributed by atoms with Crippen LogP contribution in [-0.2, 0) is 14.9 Å². The van der Waals surface area contributed by atoms with Crippen LogP contribution in [-0.4, -0.2) is 35.0 Å². The van der Waals surface area contributed by atoms with Gasteiger partial charge in [-0.1, -0.05) is 98.2 Å². The lowest BCUT2D eigenvalue weighted by Crippen LogP contribution is -2.39. The molecule has 0 aromatic heterocycles. The third kappa shape index (κ3) is 5.97. The van der Waals surface area contributed by atoms with Gasteiger partial charge in [0.2, 0.25) is 0 Å². The third-order valence-corrected chi connectivity index (χ3v) is 9.27. The number of aliphatic hydroxyl groups is 1. The van der Waals surface area contributed by atoms with E-state index < -0.39 is 5.97 Å². The lowest BCUT2D eigenvalue weighted by Gasteiger charge is -2.38. The summed E-state index contributed by atoms with van der Waals surface area (Å²) in [5, 5.41) is 19.9. The summed E-state index contributed by atoms with van der Waals surface area (Å²) in [7, 11) is 0. The molecule has 3 fully saturated rings. The summed E-state index contributed by atoms with van der Waals surface area (Å²) in [6.45, 7) is 0.732. The van der Waals surface area contributed by atoms with Gasteiger partial charge in [-0.25, -0.2) is 0 Å². The first kappa shape index (κ1) is 26.9. The van der Waals surface area contributed by atoms with Crippen LogP contribution in [0.2, 0.25) is 0 Å². The first-order valence-electron chi connectivity index (χ1n) is 14.6. The van der Waals surface area contributed by atoms with Crippen LogP contribution < -0.4 is 0 Å². The number of allylic oxidation sites excluding steroid dienone is 2. The first-order valence-corrected chi connectivity index (χ1v) is 14.6. The van der Waals surface area contributed by atoms with Gasteiger partial charge in [-0.3, -0.25) is 4.79 Å². The molecule has 3 aliphatic rings. The number of carbonyl (C=O) groups is 1. The van der Waals surface area contributed by atoms with Crippen molar-refractivity contribution in [3.8, 4) is 11.1 Å². The topological polar surface area (TPSA) is 66.8 Å². The summed E-state index contributed by atoms with van der Waals surface area (Å²) in [4.78, 5) is 10.9. The summed E-state index contributed by atoms with van der Waals surface area (Å²) in [5.41, 5.74) is 3.74. The molecule has 2 aromatic carbocycles. The summed E-state index contributed by atoms with van der Waals surface area (Å²) in [6.07, 6.45) is 18.1. The van der Waals surface area contributed by atoms with Crippen LogP contribution in [0.4, 0.5) is 0 Å². The van der Waals surface area contributed by atoms with E-state index in [-0.39, 0.29) is 30.0 Å². The van der Waals surface area contributed by atoms with Gasteiger partial charge in [-0.05, 0) is 67.1 Å². The van der Waals surface area contributed by atoms with Gasteiger partial charge in [0.05, 0.1) is 18.8 Å². The summed E-state index contributed by atoms with van der Waals surface area (Å²) < 4.78 is 6.39. The first-order chi connectivity index (χ1) is 18.6. The van der Waals surface area contributed by atoms with Gasteiger partial charge in [0, 0.05) is 17.8 Å². The average Bonchev–Trinajstić information content (AvgIpc) is 3.53. The molecule has 38 heavy (non-hydrogen) atoms. The van der Waals surface area contributed by atoms with Gasteiger partial charge < -0.3 is 14.9 Å². The molecule has 4 heteroatoms. The smallest absolute Gasteiger partial charge is 0.303 e. The molecule has 0 unspecified atom stereocenters. The van der Waals surface area contributed by atoms with Gasteiger partial charge >= 0.3 is 5.97 Å². The second kappa shape index (κ2) is 12.4. The number of hydrogen-bond donors (Lipinski definition) is 2. The third-order valence-electron chi connectivity index (χ3n) is 9.27. The van der Waals surface area contributed by atoms with E-state index in [4.69, 9.17) is 9.84 Å². The van der Waals surface area contributed by atoms with Crippen molar-refractivity contribution in [2.45, 2.75) is 81.8 Å². The van der Waals surface area contributed by atoms with Gasteiger partial charge in [0.1, 0.15) is 0 Å². The Labute approximate surface area is 227 Å². The molecule has 2 N–H and O–H groups in total. The quantitative estimate of drug-likeness (QED) is 0.243. The van der Waals surface area contributed by atoms with E-state index in [9.17, 15) is 9.90 Å². The number of aliphatic hydroxyl groups excluding tert-OH is 1. The number of carboxylic acid groups (broad SMARTS) is 1. The van der Waals surface area contributed by atoms with Crippen LogP contribution in [0.5, 0.6) is 0 Å². The minimum absolute atomic E-state index is 0.0455. The number of rotatable bonds is 11. The molecule has 202 valence electrons. The van der Waals surface area contributed by atoms with E-state index in [1.54, 1.807) is 0 Å². The molecule has 1 aliphatic heterocycles. The van der Waals surface area contributed by atoms with Crippen molar-refractivity contribution in [1.29, 1.82) is 0 Å².